The summed E-state index contributed by atoms with van der Waals surface area (Å²) in [7, 11) is -3.14. The Balaban J connectivity index is 2.26. The average Bonchev–Trinajstić information content (AvgIpc) is 2.51. The number of thioether (sulfide) groups is 1. The normalized spacial score (nSPS) is 14.2. The first kappa shape index (κ1) is 22.2. The Kier molecular flexibility index (Phi) is 10.1. The van der Waals surface area contributed by atoms with Crippen LogP contribution in [0.1, 0.15) is 23.7 Å². The molecular formula is C14H21O5PS4. The largest absolute Gasteiger partial charge is 0.337 e. The standard InChI is InChI=1S/C14H21O5PS4/c1-2-11-24(17,18)12-8-19-20(16,21)23-10-9-22-14(15)13-6-4-3-5-7-13/h3-7H,2,8-12H2,1H3,(H,16,21). The molecule has 24 heavy (non-hydrogen) atoms. The van der Waals surface area contributed by atoms with E-state index in [1.165, 1.54) is 0 Å². The van der Waals surface area contributed by atoms with Gasteiger partial charge in [0, 0.05) is 22.8 Å². The third-order valence-electron chi connectivity index (χ3n) is 2.74. The van der Waals surface area contributed by atoms with Gasteiger partial charge in [0.1, 0.15) is 0 Å². The molecule has 0 bridgehead atoms. The van der Waals surface area contributed by atoms with Gasteiger partial charge in [-0.25, -0.2) is 8.42 Å². The fourth-order valence-electron chi connectivity index (χ4n) is 1.67. The summed E-state index contributed by atoms with van der Waals surface area (Å²) < 4.78 is 28.3. The molecule has 1 N–H and O–H groups in total. The van der Waals surface area contributed by atoms with Crippen LogP contribution in [-0.4, -0.2) is 48.0 Å². The fraction of sp³-hybridized carbons (Fsp3) is 0.500. The van der Waals surface area contributed by atoms with Crippen LogP contribution in [0.2, 0.25) is 0 Å². The zero-order chi connectivity index (χ0) is 18.1. The van der Waals surface area contributed by atoms with E-state index in [0.717, 1.165) is 23.1 Å². The monoisotopic (exact) mass is 428 g/mol. The highest BCUT2D eigenvalue weighted by atomic mass is 32.9. The van der Waals surface area contributed by atoms with E-state index in [1.807, 2.05) is 6.07 Å². The van der Waals surface area contributed by atoms with Gasteiger partial charge in [0.05, 0.1) is 12.4 Å². The smallest absolute Gasteiger partial charge is 0.244 e. The van der Waals surface area contributed by atoms with Crippen LogP contribution in [0.4, 0.5) is 0 Å². The van der Waals surface area contributed by atoms with Crippen LogP contribution >= 0.6 is 28.8 Å². The molecule has 0 aliphatic carbocycles. The Labute approximate surface area is 156 Å². The van der Waals surface area contributed by atoms with Crippen LogP contribution in [0.25, 0.3) is 0 Å². The summed E-state index contributed by atoms with van der Waals surface area (Å²) in [6, 6.07) is 8.95. The first-order valence-electron chi connectivity index (χ1n) is 7.30. The first-order valence-corrected chi connectivity index (χ1v) is 14.4. The van der Waals surface area contributed by atoms with E-state index in [9.17, 15) is 18.1 Å². The van der Waals surface area contributed by atoms with Gasteiger partial charge in [0.15, 0.2) is 9.84 Å². The molecule has 0 aliphatic rings. The summed E-state index contributed by atoms with van der Waals surface area (Å²) >= 11 is 7.21. The number of benzene rings is 1. The summed E-state index contributed by atoms with van der Waals surface area (Å²) in [5.74, 6) is 0.922. The van der Waals surface area contributed by atoms with Crippen molar-refractivity contribution in [3.8, 4) is 0 Å². The van der Waals surface area contributed by atoms with E-state index in [4.69, 9.17) is 16.3 Å². The summed E-state index contributed by atoms with van der Waals surface area (Å²) in [5, 5.41) is -0.0333. The maximum absolute atomic E-state index is 11.9. The number of hydrogen-bond donors (Lipinski definition) is 1. The van der Waals surface area contributed by atoms with Gasteiger partial charge in [-0.15, -0.1) is 0 Å². The SMILES string of the molecule is CCCS(=O)(=O)CCOP(O)(=S)SCCSC(=O)c1ccccc1. The van der Waals surface area contributed by atoms with E-state index >= 15 is 0 Å². The highest BCUT2D eigenvalue weighted by molar-refractivity contribution is 8.67. The van der Waals surface area contributed by atoms with Gasteiger partial charge in [0.25, 0.3) is 0 Å². The first-order chi connectivity index (χ1) is 11.3. The van der Waals surface area contributed by atoms with Crippen LogP contribution in [0, 0.1) is 0 Å². The van der Waals surface area contributed by atoms with Gasteiger partial charge in [-0.1, -0.05) is 60.4 Å². The topological polar surface area (TPSA) is 80.7 Å². The summed E-state index contributed by atoms with van der Waals surface area (Å²) in [5.41, 5.74) is -2.44. The fourth-order valence-corrected chi connectivity index (χ4v) is 7.41. The van der Waals surface area contributed by atoms with Gasteiger partial charge in [0.2, 0.25) is 10.8 Å². The molecular weight excluding hydrogens is 407 g/mol. The van der Waals surface area contributed by atoms with Gasteiger partial charge in [-0.3, -0.25) is 4.79 Å². The predicted octanol–water partition coefficient (Wildman–Crippen LogP) is 3.35. The highest BCUT2D eigenvalue weighted by Gasteiger charge is 2.17. The van der Waals surface area contributed by atoms with Crippen LogP contribution in [0.5, 0.6) is 0 Å². The highest BCUT2D eigenvalue weighted by Crippen LogP contribution is 2.56. The minimum atomic E-state index is -3.14. The second-order valence-electron chi connectivity index (χ2n) is 4.79. The molecule has 10 heteroatoms. The van der Waals surface area contributed by atoms with Gasteiger partial charge in [-0.05, 0) is 18.2 Å². The minimum Gasteiger partial charge on any atom is -0.337 e. The second kappa shape index (κ2) is 11.0. The third-order valence-corrected chi connectivity index (χ3v) is 10.1. The van der Waals surface area contributed by atoms with Crippen molar-refractivity contribution in [2.75, 3.05) is 29.6 Å². The van der Waals surface area contributed by atoms with Gasteiger partial charge in [-0.2, -0.15) is 0 Å². The van der Waals surface area contributed by atoms with Crippen molar-refractivity contribution >= 4 is 55.6 Å². The molecule has 1 atom stereocenters. The molecule has 1 rings (SSSR count). The van der Waals surface area contributed by atoms with Crippen LogP contribution in [0.15, 0.2) is 30.3 Å². The van der Waals surface area contributed by atoms with Gasteiger partial charge >= 0.3 is 0 Å². The molecule has 0 saturated carbocycles. The maximum Gasteiger partial charge on any atom is 0.244 e. The number of carbonyl (C=O) groups excluding carboxylic acids is 1. The van der Waals surface area contributed by atoms with E-state index in [0.29, 0.717) is 23.5 Å². The average molecular weight is 429 g/mol. The van der Waals surface area contributed by atoms with Crippen molar-refractivity contribution in [3.63, 3.8) is 0 Å². The molecule has 0 aliphatic heterocycles. The van der Waals surface area contributed by atoms with Crippen molar-refractivity contribution in [2.24, 2.45) is 0 Å². The Morgan fingerprint density at radius 1 is 1.25 bits per heavy atom. The third kappa shape index (κ3) is 9.56. The Bertz CT molecular complexity index is 663. The molecule has 5 nitrogen and oxygen atoms in total. The van der Waals surface area contributed by atoms with Gasteiger partial charge < -0.3 is 9.42 Å². The molecule has 0 saturated heterocycles. The number of rotatable bonds is 11. The van der Waals surface area contributed by atoms with Crippen molar-refractivity contribution < 1.29 is 22.6 Å². The molecule has 0 fully saturated rings. The number of hydrogen-bond acceptors (Lipinski definition) is 7. The molecule has 0 heterocycles. The number of sulfone groups is 1. The summed E-state index contributed by atoms with van der Waals surface area (Å²) in [6.07, 6.45) is 0.553. The van der Waals surface area contributed by atoms with Crippen LogP contribution in [0.3, 0.4) is 0 Å². The Morgan fingerprint density at radius 2 is 1.92 bits per heavy atom. The lowest BCUT2D eigenvalue weighted by Gasteiger charge is -2.14. The lowest BCUT2D eigenvalue weighted by Crippen LogP contribution is -2.14. The van der Waals surface area contributed by atoms with Crippen molar-refractivity contribution in [3.05, 3.63) is 35.9 Å². The zero-order valence-corrected chi connectivity index (χ0v) is 17.5. The minimum absolute atomic E-state index is 0.0333. The van der Waals surface area contributed by atoms with Crippen molar-refractivity contribution in [2.45, 2.75) is 13.3 Å². The quantitative estimate of drug-likeness (QED) is 0.425. The lowest BCUT2D eigenvalue weighted by atomic mass is 10.2. The van der Waals surface area contributed by atoms with E-state index in [-0.39, 0.29) is 23.2 Å². The van der Waals surface area contributed by atoms with E-state index in [2.05, 4.69) is 0 Å². The molecule has 136 valence electrons. The van der Waals surface area contributed by atoms with Crippen molar-refractivity contribution in [1.29, 1.82) is 0 Å². The van der Waals surface area contributed by atoms with Crippen LogP contribution in [-0.2, 0) is 26.2 Å². The molecule has 0 radical (unpaired) electrons. The van der Waals surface area contributed by atoms with Crippen molar-refractivity contribution in [1.82, 2.24) is 0 Å². The van der Waals surface area contributed by atoms with Crippen LogP contribution < -0.4 is 0 Å². The maximum atomic E-state index is 11.9. The predicted molar refractivity (Wildman–Crippen MR) is 107 cm³/mol. The van der Waals surface area contributed by atoms with E-state index in [1.54, 1.807) is 31.2 Å². The van der Waals surface area contributed by atoms with E-state index < -0.39 is 15.5 Å². The lowest BCUT2D eigenvalue weighted by molar-refractivity contribution is 0.108. The summed E-state index contributed by atoms with van der Waals surface area (Å²) in [6.45, 7) is 1.69. The molecule has 1 aromatic carbocycles. The molecule has 0 aromatic heterocycles. The number of carbonyl (C=O) groups is 1. The molecule has 0 spiro atoms. The molecule has 1 aromatic rings. The molecule has 1 unspecified atom stereocenters. The summed E-state index contributed by atoms with van der Waals surface area (Å²) in [4.78, 5) is 21.9. The zero-order valence-electron chi connectivity index (χ0n) is 13.3. The Morgan fingerprint density at radius 3 is 2.54 bits per heavy atom. The second-order valence-corrected chi connectivity index (χ2v) is 14.5. The Hall–Kier alpha value is 0.110. The molecule has 0 amide bonds.